The summed E-state index contributed by atoms with van der Waals surface area (Å²) in [4.78, 5) is 14.3. The normalized spacial score (nSPS) is 12.5. The van der Waals surface area contributed by atoms with Gasteiger partial charge >= 0.3 is 0 Å². The van der Waals surface area contributed by atoms with Crippen LogP contribution < -0.4 is 0 Å². The molecule has 2 nitrogen and oxygen atoms in total. The second-order valence-corrected chi connectivity index (χ2v) is 5.29. The number of halogens is 1. The Morgan fingerprint density at radius 2 is 1.91 bits per heavy atom. The standard InChI is InChI=1S/C17H14ClNO.C2H6/c1-2-12-8-14-11-19(10-13-6-4-3-5-7-13)17(20)16(14)15(18)9-12;1-2/h2-9H,1,10-11H2;1-2H3. The third-order valence-electron chi connectivity index (χ3n) is 3.51. The van der Waals surface area contributed by atoms with Crippen LogP contribution in [-0.4, -0.2) is 10.8 Å². The van der Waals surface area contributed by atoms with Crippen LogP contribution in [0.15, 0.2) is 49.0 Å². The highest BCUT2D eigenvalue weighted by molar-refractivity contribution is 6.34. The predicted molar refractivity (Wildman–Crippen MR) is 92.9 cm³/mol. The molecule has 0 spiro atoms. The lowest BCUT2D eigenvalue weighted by Crippen LogP contribution is -2.23. The SMILES string of the molecule is C=Cc1cc(Cl)c2c(c1)CN(Cc1ccccc1)C2=O.CC. The highest BCUT2D eigenvalue weighted by atomic mass is 35.5. The van der Waals surface area contributed by atoms with Crippen LogP contribution in [0.1, 0.15) is 40.9 Å². The van der Waals surface area contributed by atoms with Crippen molar-refractivity contribution in [3.8, 4) is 0 Å². The predicted octanol–water partition coefficient (Wildman–Crippen LogP) is 5.17. The lowest BCUT2D eigenvalue weighted by molar-refractivity contribution is 0.0767. The van der Waals surface area contributed by atoms with Crippen molar-refractivity contribution < 1.29 is 4.79 Å². The monoisotopic (exact) mass is 313 g/mol. The first kappa shape index (κ1) is 16.3. The molecule has 0 N–H and O–H groups in total. The fraction of sp³-hybridized carbons (Fsp3) is 0.211. The van der Waals surface area contributed by atoms with Gasteiger partial charge in [0, 0.05) is 13.1 Å². The van der Waals surface area contributed by atoms with Gasteiger partial charge in [-0.25, -0.2) is 0 Å². The van der Waals surface area contributed by atoms with E-state index in [2.05, 4.69) is 6.58 Å². The minimum Gasteiger partial charge on any atom is -0.330 e. The largest absolute Gasteiger partial charge is 0.330 e. The summed E-state index contributed by atoms with van der Waals surface area (Å²) in [7, 11) is 0. The smallest absolute Gasteiger partial charge is 0.256 e. The van der Waals surface area contributed by atoms with Crippen molar-refractivity contribution >= 4 is 23.6 Å². The number of amides is 1. The Balaban J connectivity index is 0.000000847. The van der Waals surface area contributed by atoms with Gasteiger partial charge in [-0.15, -0.1) is 0 Å². The van der Waals surface area contributed by atoms with E-state index in [0.717, 1.165) is 16.7 Å². The molecule has 22 heavy (non-hydrogen) atoms. The molecule has 114 valence electrons. The first-order valence-corrected chi connectivity index (χ1v) is 7.85. The molecule has 0 radical (unpaired) electrons. The zero-order valence-corrected chi connectivity index (χ0v) is 13.7. The van der Waals surface area contributed by atoms with Crippen LogP contribution in [0.25, 0.3) is 6.08 Å². The quantitative estimate of drug-likeness (QED) is 0.766. The summed E-state index contributed by atoms with van der Waals surface area (Å²) >= 11 is 6.22. The number of carbonyl (C=O) groups excluding carboxylic acids is 1. The number of nitrogens with zero attached hydrogens (tertiary/aromatic N) is 1. The highest BCUT2D eigenvalue weighted by Gasteiger charge is 2.29. The molecule has 1 aliphatic heterocycles. The molecule has 1 aliphatic rings. The maximum Gasteiger partial charge on any atom is 0.256 e. The van der Waals surface area contributed by atoms with Gasteiger partial charge in [0.25, 0.3) is 5.91 Å². The van der Waals surface area contributed by atoms with Gasteiger partial charge in [0.15, 0.2) is 0 Å². The Kier molecular flexibility index (Phi) is 5.40. The van der Waals surface area contributed by atoms with E-state index in [-0.39, 0.29) is 5.91 Å². The van der Waals surface area contributed by atoms with E-state index < -0.39 is 0 Å². The molecule has 0 unspecified atom stereocenters. The lowest BCUT2D eigenvalue weighted by Gasteiger charge is -2.15. The molecule has 0 aromatic heterocycles. The number of rotatable bonds is 3. The molecule has 1 heterocycles. The van der Waals surface area contributed by atoms with Crippen LogP contribution in [-0.2, 0) is 13.1 Å². The maximum absolute atomic E-state index is 12.4. The van der Waals surface area contributed by atoms with E-state index in [1.165, 1.54) is 0 Å². The van der Waals surface area contributed by atoms with E-state index >= 15 is 0 Å². The van der Waals surface area contributed by atoms with E-state index in [1.807, 2.05) is 55.1 Å². The summed E-state index contributed by atoms with van der Waals surface area (Å²) in [5, 5.41) is 0.512. The Morgan fingerprint density at radius 3 is 2.55 bits per heavy atom. The molecule has 3 rings (SSSR count). The summed E-state index contributed by atoms with van der Waals surface area (Å²) in [6.45, 7) is 8.95. The average molecular weight is 314 g/mol. The van der Waals surface area contributed by atoms with Crippen molar-refractivity contribution in [2.45, 2.75) is 26.9 Å². The zero-order valence-electron chi connectivity index (χ0n) is 13.0. The fourth-order valence-corrected chi connectivity index (χ4v) is 2.86. The zero-order chi connectivity index (χ0) is 16.1. The number of fused-ring (bicyclic) bond motifs is 1. The van der Waals surface area contributed by atoms with Gasteiger partial charge in [-0.05, 0) is 28.8 Å². The minimum atomic E-state index is 0.00413. The molecule has 1 amide bonds. The van der Waals surface area contributed by atoms with E-state index in [9.17, 15) is 4.79 Å². The number of benzene rings is 2. The Morgan fingerprint density at radius 1 is 1.23 bits per heavy atom. The van der Waals surface area contributed by atoms with Crippen molar-refractivity contribution in [2.75, 3.05) is 0 Å². The van der Waals surface area contributed by atoms with Crippen molar-refractivity contribution in [3.05, 3.63) is 76.3 Å². The van der Waals surface area contributed by atoms with Crippen LogP contribution >= 0.6 is 11.6 Å². The molecule has 0 saturated heterocycles. The molecule has 3 heteroatoms. The average Bonchev–Trinajstić information content (AvgIpc) is 2.86. The van der Waals surface area contributed by atoms with E-state index in [0.29, 0.717) is 23.7 Å². The summed E-state index contributed by atoms with van der Waals surface area (Å²) in [6, 6.07) is 13.7. The first-order valence-electron chi connectivity index (χ1n) is 7.47. The fourth-order valence-electron chi connectivity index (χ4n) is 2.54. The van der Waals surface area contributed by atoms with Crippen molar-refractivity contribution in [1.82, 2.24) is 4.90 Å². The molecule has 0 saturated carbocycles. The van der Waals surface area contributed by atoms with Crippen LogP contribution in [0.5, 0.6) is 0 Å². The third-order valence-corrected chi connectivity index (χ3v) is 3.81. The molecular formula is C19H20ClNO. The van der Waals surface area contributed by atoms with Crippen molar-refractivity contribution in [1.29, 1.82) is 0 Å². The summed E-state index contributed by atoms with van der Waals surface area (Å²) < 4.78 is 0. The number of hydrogen-bond donors (Lipinski definition) is 0. The Hall–Kier alpha value is -2.06. The summed E-state index contributed by atoms with van der Waals surface area (Å²) in [6.07, 6.45) is 1.75. The lowest BCUT2D eigenvalue weighted by atomic mass is 10.1. The van der Waals surface area contributed by atoms with Gasteiger partial charge in [-0.3, -0.25) is 4.79 Å². The molecular weight excluding hydrogens is 294 g/mol. The van der Waals surface area contributed by atoms with Gasteiger partial charge in [0.05, 0.1) is 10.6 Å². The van der Waals surface area contributed by atoms with Gasteiger partial charge in [-0.1, -0.05) is 68.4 Å². The molecule has 0 fully saturated rings. The molecule has 0 bridgehead atoms. The Labute approximate surface area is 137 Å². The van der Waals surface area contributed by atoms with Crippen LogP contribution in [0.2, 0.25) is 5.02 Å². The van der Waals surface area contributed by atoms with Gasteiger partial charge in [-0.2, -0.15) is 0 Å². The number of hydrogen-bond acceptors (Lipinski definition) is 1. The van der Waals surface area contributed by atoms with Crippen LogP contribution in [0.3, 0.4) is 0 Å². The minimum absolute atomic E-state index is 0.00413. The summed E-state index contributed by atoms with van der Waals surface area (Å²) in [5.74, 6) is 0.00413. The van der Waals surface area contributed by atoms with Crippen molar-refractivity contribution in [2.24, 2.45) is 0 Å². The number of carbonyl (C=O) groups is 1. The van der Waals surface area contributed by atoms with E-state index in [4.69, 9.17) is 11.6 Å². The van der Waals surface area contributed by atoms with Gasteiger partial charge in [0.1, 0.15) is 0 Å². The summed E-state index contributed by atoms with van der Waals surface area (Å²) in [5.41, 5.74) is 3.68. The molecule has 2 aromatic rings. The van der Waals surface area contributed by atoms with Crippen molar-refractivity contribution in [3.63, 3.8) is 0 Å². The molecule has 0 atom stereocenters. The van der Waals surface area contributed by atoms with E-state index in [1.54, 1.807) is 12.1 Å². The van der Waals surface area contributed by atoms with Crippen LogP contribution in [0, 0.1) is 0 Å². The molecule has 0 aliphatic carbocycles. The second-order valence-electron chi connectivity index (χ2n) is 4.89. The Bertz CT molecular complexity index is 679. The third kappa shape index (κ3) is 3.23. The highest BCUT2D eigenvalue weighted by Crippen LogP contribution is 2.31. The van der Waals surface area contributed by atoms with Gasteiger partial charge in [0.2, 0.25) is 0 Å². The van der Waals surface area contributed by atoms with Gasteiger partial charge < -0.3 is 4.90 Å². The maximum atomic E-state index is 12.4. The first-order chi connectivity index (χ1) is 10.7. The van der Waals surface area contributed by atoms with Crippen LogP contribution in [0.4, 0.5) is 0 Å². The topological polar surface area (TPSA) is 20.3 Å². The molecule has 2 aromatic carbocycles. The second kappa shape index (κ2) is 7.28.